The van der Waals surface area contributed by atoms with Crippen LogP contribution in [0.2, 0.25) is 0 Å². The number of carbonyl (C=O) groups excluding carboxylic acids is 2. The summed E-state index contributed by atoms with van der Waals surface area (Å²) in [6.45, 7) is 5.59. The maximum Gasteiger partial charge on any atom is 0.323 e. The van der Waals surface area contributed by atoms with Crippen molar-refractivity contribution >= 4 is 23.3 Å². The Hall–Kier alpha value is -3.17. The third-order valence-corrected chi connectivity index (χ3v) is 5.60. The summed E-state index contributed by atoms with van der Waals surface area (Å²) in [5.41, 5.74) is 0.751. The number of nitrogens with one attached hydrogen (secondary N) is 3. The van der Waals surface area contributed by atoms with E-state index in [9.17, 15) is 14.0 Å². The maximum absolute atomic E-state index is 13.8. The SMILES string of the molecule is CO[C@H]1CN(C)C(=O)c2cc(NC(=O)Nc3ccccc3F)ccc2OC[C@H](C)NC[C@@H]1C. The van der Waals surface area contributed by atoms with Gasteiger partial charge >= 0.3 is 6.03 Å². The van der Waals surface area contributed by atoms with Crippen molar-refractivity contribution in [2.24, 2.45) is 5.92 Å². The highest BCUT2D eigenvalue weighted by molar-refractivity contribution is 6.02. The first kappa shape index (κ1) is 24.5. The molecule has 3 rings (SSSR count). The van der Waals surface area contributed by atoms with Crippen LogP contribution in [-0.2, 0) is 4.74 Å². The molecule has 0 bridgehead atoms. The third-order valence-electron chi connectivity index (χ3n) is 5.60. The number of para-hydroxylation sites is 1. The summed E-state index contributed by atoms with van der Waals surface area (Å²) >= 11 is 0. The van der Waals surface area contributed by atoms with Crippen LogP contribution in [0.25, 0.3) is 0 Å². The first-order valence-electron chi connectivity index (χ1n) is 10.9. The van der Waals surface area contributed by atoms with E-state index in [0.717, 1.165) is 6.54 Å². The molecule has 3 amide bonds. The van der Waals surface area contributed by atoms with E-state index in [1.165, 1.54) is 18.2 Å². The average molecular weight is 459 g/mol. The number of rotatable bonds is 3. The smallest absolute Gasteiger partial charge is 0.323 e. The van der Waals surface area contributed by atoms with Crippen LogP contribution in [0.15, 0.2) is 42.5 Å². The number of ether oxygens (including phenoxy) is 2. The molecule has 0 unspecified atom stereocenters. The predicted molar refractivity (Wildman–Crippen MR) is 125 cm³/mol. The molecule has 1 aliphatic rings. The van der Waals surface area contributed by atoms with Gasteiger partial charge in [0.15, 0.2) is 0 Å². The summed E-state index contributed by atoms with van der Waals surface area (Å²) in [4.78, 5) is 27.2. The minimum atomic E-state index is -0.624. The zero-order valence-corrected chi connectivity index (χ0v) is 19.4. The fourth-order valence-corrected chi connectivity index (χ4v) is 3.59. The van der Waals surface area contributed by atoms with E-state index in [-0.39, 0.29) is 29.7 Å². The monoisotopic (exact) mass is 458 g/mol. The van der Waals surface area contributed by atoms with Crippen molar-refractivity contribution in [2.45, 2.75) is 26.0 Å². The fraction of sp³-hybridized carbons (Fsp3) is 0.417. The molecule has 0 aromatic heterocycles. The number of carbonyl (C=O) groups is 2. The van der Waals surface area contributed by atoms with Crippen LogP contribution in [0, 0.1) is 11.7 Å². The van der Waals surface area contributed by atoms with E-state index in [1.54, 1.807) is 43.3 Å². The van der Waals surface area contributed by atoms with Gasteiger partial charge in [-0.3, -0.25) is 4.79 Å². The van der Waals surface area contributed by atoms with Crippen molar-refractivity contribution in [3.8, 4) is 5.75 Å². The van der Waals surface area contributed by atoms with Crippen LogP contribution in [-0.4, -0.2) is 62.8 Å². The minimum absolute atomic E-state index is 0.0571. The molecule has 0 fully saturated rings. The van der Waals surface area contributed by atoms with E-state index in [2.05, 4.69) is 22.9 Å². The van der Waals surface area contributed by atoms with Crippen molar-refractivity contribution < 1.29 is 23.5 Å². The van der Waals surface area contributed by atoms with Crippen LogP contribution in [0.3, 0.4) is 0 Å². The third kappa shape index (κ3) is 6.43. The van der Waals surface area contributed by atoms with Gasteiger partial charge in [-0.2, -0.15) is 0 Å². The van der Waals surface area contributed by atoms with Crippen molar-refractivity contribution in [1.29, 1.82) is 0 Å². The van der Waals surface area contributed by atoms with Crippen LogP contribution in [0.5, 0.6) is 5.75 Å². The number of hydrogen-bond donors (Lipinski definition) is 3. The highest BCUT2D eigenvalue weighted by Crippen LogP contribution is 2.26. The Morgan fingerprint density at radius 1 is 1.21 bits per heavy atom. The van der Waals surface area contributed by atoms with Crippen LogP contribution < -0.4 is 20.7 Å². The van der Waals surface area contributed by atoms with Crippen molar-refractivity contribution in [2.75, 3.05) is 44.5 Å². The molecular formula is C24H31FN4O4. The number of benzene rings is 2. The zero-order valence-electron chi connectivity index (χ0n) is 19.4. The first-order chi connectivity index (χ1) is 15.8. The average Bonchev–Trinajstić information content (AvgIpc) is 2.80. The Kier molecular flexibility index (Phi) is 8.24. The molecule has 3 N–H and O–H groups in total. The van der Waals surface area contributed by atoms with Crippen LogP contribution in [0.1, 0.15) is 24.2 Å². The number of methoxy groups -OCH3 is 1. The molecule has 1 heterocycles. The molecule has 0 radical (unpaired) electrons. The van der Waals surface area contributed by atoms with E-state index in [0.29, 0.717) is 30.2 Å². The lowest BCUT2D eigenvalue weighted by Gasteiger charge is -2.30. The van der Waals surface area contributed by atoms with Crippen LogP contribution in [0.4, 0.5) is 20.6 Å². The van der Waals surface area contributed by atoms with Crippen molar-refractivity contribution in [3.05, 3.63) is 53.8 Å². The molecule has 0 aliphatic carbocycles. The molecule has 3 atom stereocenters. The molecule has 1 aliphatic heterocycles. The number of anilines is 2. The quantitative estimate of drug-likeness (QED) is 0.654. The van der Waals surface area contributed by atoms with Gasteiger partial charge in [-0.05, 0) is 43.2 Å². The van der Waals surface area contributed by atoms with E-state index in [4.69, 9.17) is 9.47 Å². The summed E-state index contributed by atoms with van der Waals surface area (Å²) in [5.74, 6) is -0.191. The second kappa shape index (κ2) is 11.1. The van der Waals surface area contributed by atoms with Gasteiger partial charge < -0.3 is 30.3 Å². The van der Waals surface area contributed by atoms with Gasteiger partial charge in [-0.1, -0.05) is 19.1 Å². The molecule has 33 heavy (non-hydrogen) atoms. The summed E-state index contributed by atoms with van der Waals surface area (Å²) in [6.07, 6.45) is -0.143. The number of urea groups is 1. The van der Waals surface area contributed by atoms with Gasteiger partial charge in [0.2, 0.25) is 0 Å². The predicted octanol–water partition coefficient (Wildman–Crippen LogP) is 3.56. The number of amides is 3. The number of likely N-dealkylation sites (N-methyl/N-ethyl adjacent to an activating group) is 1. The lowest BCUT2D eigenvalue weighted by molar-refractivity contribution is 0.0281. The molecule has 178 valence electrons. The lowest BCUT2D eigenvalue weighted by Crippen LogP contribution is -2.44. The lowest BCUT2D eigenvalue weighted by atomic mass is 10.0. The van der Waals surface area contributed by atoms with Crippen molar-refractivity contribution in [3.63, 3.8) is 0 Å². The highest BCUT2D eigenvalue weighted by Gasteiger charge is 2.25. The largest absolute Gasteiger partial charge is 0.491 e. The highest BCUT2D eigenvalue weighted by atomic mass is 19.1. The molecule has 2 aromatic rings. The van der Waals surface area contributed by atoms with Gasteiger partial charge in [-0.25, -0.2) is 9.18 Å². The molecule has 0 saturated carbocycles. The Morgan fingerprint density at radius 3 is 2.70 bits per heavy atom. The van der Waals surface area contributed by atoms with Gasteiger partial charge in [-0.15, -0.1) is 0 Å². The summed E-state index contributed by atoms with van der Waals surface area (Å²) in [6, 6.07) is 10.2. The molecule has 0 spiro atoms. The standard InChI is InChI=1S/C24H31FN4O4/c1-15-12-26-16(2)14-33-21-10-9-17(11-18(21)23(30)29(3)13-22(15)32-4)27-24(31)28-20-8-6-5-7-19(20)25/h5-11,15-16,22,26H,12-14H2,1-4H3,(H2,27,28,31)/t15-,16-,22-/m0/s1. The second-order valence-corrected chi connectivity index (χ2v) is 8.33. The Balaban J connectivity index is 1.83. The topological polar surface area (TPSA) is 91.9 Å². The normalized spacial score (nSPS) is 21.8. The molecule has 9 heteroatoms. The molecule has 0 saturated heterocycles. The first-order valence-corrected chi connectivity index (χ1v) is 10.9. The number of hydrogen-bond acceptors (Lipinski definition) is 5. The molecule has 8 nitrogen and oxygen atoms in total. The van der Waals surface area contributed by atoms with Gasteiger partial charge in [0.1, 0.15) is 18.2 Å². The Bertz CT molecular complexity index is 987. The van der Waals surface area contributed by atoms with Gasteiger partial charge in [0.05, 0.1) is 17.4 Å². The number of fused-ring (bicyclic) bond motifs is 1. The molecule has 2 aromatic carbocycles. The van der Waals surface area contributed by atoms with Crippen molar-refractivity contribution in [1.82, 2.24) is 10.2 Å². The second-order valence-electron chi connectivity index (χ2n) is 8.33. The van der Waals surface area contributed by atoms with Gasteiger partial charge in [0.25, 0.3) is 5.91 Å². The molecular weight excluding hydrogens is 427 g/mol. The zero-order chi connectivity index (χ0) is 24.0. The Morgan fingerprint density at radius 2 is 1.97 bits per heavy atom. The van der Waals surface area contributed by atoms with E-state index < -0.39 is 11.8 Å². The Labute approximate surface area is 193 Å². The summed E-state index contributed by atoms with van der Waals surface area (Å²) < 4.78 is 25.4. The number of nitrogens with zero attached hydrogens (tertiary/aromatic N) is 1. The summed E-state index contributed by atoms with van der Waals surface area (Å²) in [5, 5.41) is 8.54. The van der Waals surface area contributed by atoms with Gasteiger partial charge in [0, 0.05) is 39.0 Å². The maximum atomic E-state index is 13.8. The van der Waals surface area contributed by atoms with Crippen LogP contribution >= 0.6 is 0 Å². The van der Waals surface area contributed by atoms with E-state index >= 15 is 0 Å². The number of halogens is 1. The summed E-state index contributed by atoms with van der Waals surface area (Å²) in [7, 11) is 3.35. The fourth-order valence-electron chi connectivity index (χ4n) is 3.59. The van der Waals surface area contributed by atoms with E-state index in [1.807, 2.05) is 6.92 Å². The minimum Gasteiger partial charge on any atom is -0.491 e.